The number of rotatable bonds is 4. The second-order valence-corrected chi connectivity index (χ2v) is 4.25. The van der Waals surface area contributed by atoms with Crippen molar-refractivity contribution in [3.63, 3.8) is 0 Å². The van der Waals surface area contributed by atoms with E-state index in [1.54, 1.807) is 6.92 Å². The predicted octanol–water partition coefficient (Wildman–Crippen LogP) is 0.671. The number of carbonyl (C=O) groups excluding carboxylic acids is 3. The van der Waals surface area contributed by atoms with E-state index in [0.717, 1.165) is 0 Å². The SMILES string of the molecule is CCOC(=O)C1C(=O)NCC(CC)(CC)C1=O. The number of carbonyl (C=O) groups is 3. The zero-order valence-electron chi connectivity index (χ0n) is 10.5. The van der Waals surface area contributed by atoms with Gasteiger partial charge < -0.3 is 10.1 Å². The van der Waals surface area contributed by atoms with Crippen molar-refractivity contribution in [2.45, 2.75) is 33.6 Å². The van der Waals surface area contributed by atoms with Gasteiger partial charge in [-0.15, -0.1) is 0 Å². The van der Waals surface area contributed by atoms with E-state index >= 15 is 0 Å². The third kappa shape index (κ3) is 2.33. The molecule has 0 aromatic heterocycles. The van der Waals surface area contributed by atoms with Crippen molar-refractivity contribution in [1.29, 1.82) is 0 Å². The van der Waals surface area contributed by atoms with E-state index in [2.05, 4.69) is 5.32 Å². The van der Waals surface area contributed by atoms with Gasteiger partial charge in [-0.3, -0.25) is 14.4 Å². The molecule has 5 nitrogen and oxygen atoms in total. The Kier molecular flexibility index (Phi) is 4.26. The van der Waals surface area contributed by atoms with Gasteiger partial charge in [-0.2, -0.15) is 0 Å². The Hall–Kier alpha value is -1.39. The maximum atomic E-state index is 12.3. The molecule has 17 heavy (non-hydrogen) atoms. The molecule has 0 aliphatic carbocycles. The van der Waals surface area contributed by atoms with Crippen LogP contribution < -0.4 is 5.32 Å². The van der Waals surface area contributed by atoms with Gasteiger partial charge >= 0.3 is 5.97 Å². The van der Waals surface area contributed by atoms with Crippen LogP contribution in [0, 0.1) is 11.3 Å². The average Bonchev–Trinajstić information content (AvgIpc) is 2.31. The smallest absolute Gasteiger partial charge is 0.326 e. The van der Waals surface area contributed by atoms with Crippen LogP contribution in [0.4, 0.5) is 0 Å². The van der Waals surface area contributed by atoms with E-state index in [0.29, 0.717) is 19.4 Å². The van der Waals surface area contributed by atoms with Crippen molar-refractivity contribution in [3.05, 3.63) is 0 Å². The van der Waals surface area contributed by atoms with E-state index in [1.165, 1.54) is 0 Å². The number of hydrogen-bond acceptors (Lipinski definition) is 4. The summed E-state index contributed by atoms with van der Waals surface area (Å²) in [5, 5.41) is 2.63. The lowest BCUT2D eigenvalue weighted by Gasteiger charge is -2.36. The Morgan fingerprint density at radius 3 is 2.41 bits per heavy atom. The lowest BCUT2D eigenvalue weighted by Crippen LogP contribution is -2.57. The minimum absolute atomic E-state index is 0.168. The predicted molar refractivity (Wildman–Crippen MR) is 61.2 cm³/mol. The molecule has 1 rings (SSSR count). The summed E-state index contributed by atoms with van der Waals surface area (Å²) in [6.07, 6.45) is 1.22. The molecule has 1 heterocycles. The largest absolute Gasteiger partial charge is 0.465 e. The van der Waals surface area contributed by atoms with Crippen molar-refractivity contribution in [2.75, 3.05) is 13.2 Å². The Labute approximate surface area is 101 Å². The minimum Gasteiger partial charge on any atom is -0.465 e. The monoisotopic (exact) mass is 241 g/mol. The molecule has 1 saturated heterocycles. The number of nitrogens with one attached hydrogen (secondary N) is 1. The van der Waals surface area contributed by atoms with Crippen LogP contribution in [0.5, 0.6) is 0 Å². The third-order valence-electron chi connectivity index (χ3n) is 3.52. The third-order valence-corrected chi connectivity index (χ3v) is 3.52. The highest BCUT2D eigenvalue weighted by Gasteiger charge is 2.50. The highest BCUT2D eigenvalue weighted by Crippen LogP contribution is 2.33. The minimum atomic E-state index is -1.29. The molecular weight excluding hydrogens is 222 g/mol. The Morgan fingerprint density at radius 1 is 1.35 bits per heavy atom. The van der Waals surface area contributed by atoms with Gasteiger partial charge in [-0.25, -0.2) is 0 Å². The van der Waals surface area contributed by atoms with Crippen LogP contribution in [0.3, 0.4) is 0 Å². The topological polar surface area (TPSA) is 72.5 Å². The molecule has 5 heteroatoms. The molecule has 0 bridgehead atoms. The first kappa shape index (κ1) is 13.7. The van der Waals surface area contributed by atoms with Crippen molar-refractivity contribution in [2.24, 2.45) is 11.3 Å². The van der Waals surface area contributed by atoms with Gasteiger partial charge in [0.1, 0.15) is 0 Å². The highest BCUT2D eigenvalue weighted by atomic mass is 16.5. The average molecular weight is 241 g/mol. The molecule has 0 aromatic rings. The number of amides is 1. The standard InChI is InChI=1S/C12H19NO4/c1-4-12(5-2)7-13-10(15)8(9(12)14)11(16)17-6-3/h8H,4-7H2,1-3H3,(H,13,15). The molecule has 1 atom stereocenters. The first-order valence-corrected chi connectivity index (χ1v) is 6.01. The quantitative estimate of drug-likeness (QED) is 0.580. The molecule has 1 unspecified atom stereocenters. The molecular formula is C12H19NO4. The van der Waals surface area contributed by atoms with Gasteiger partial charge in [0.25, 0.3) is 0 Å². The van der Waals surface area contributed by atoms with Gasteiger partial charge in [0.2, 0.25) is 5.91 Å². The number of ketones is 1. The van der Waals surface area contributed by atoms with Crippen molar-refractivity contribution in [1.82, 2.24) is 5.32 Å². The molecule has 0 radical (unpaired) electrons. The van der Waals surface area contributed by atoms with E-state index in [1.807, 2.05) is 13.8 Å². The fraction of sp³-hybridized carbons (Fsp3) is 0.750. The lowest BCUT2D eigenvalue weighted by atomic mass is 9.71. The second kappa shape index (κ2) is 5.29. The summed E-state index contributed by atoms with van der Waals surface area (Å²) < 4.78 is 4.78. The van der Waals surface area contributed by atoms with Gasteiger partial charge in [0, 0.05) is 12.0 Å². The van der Waals surface area contributed by atoms with Crippen LogP contribution in [0.15, 0.2) is 0 Å². The molecule has 0 spiro atoms. The molecule has 1 aliphatic heterocycles. The zero-order chi connectivity index (χ0) is 13.1. The number of ether oxygens (including phenoxy) is 1. The summed E-state index contributed by atoms with van der Waals surface area (Å²) >= 11 is 0. The molecule has 1 N–H and O–H groups in total. The first-order valence-electron chi connectivity index (χ1n) is 6.01. The second-order valence-electron chi connectivity index (χ2n) is 4.25. The molecule has 0 aromatic carbocycles. The number of esters is 1. The van der Waals surface area contributed by atoms with Crippen LogP contribution in [0.1, 0.15) is 33.6 Å². The summed E-state index contributed by atoms with van der Waals surface area (Å²) in [6, 6.07) is 0. The summed E-state index contributed by atoms with van der Waals surface area (Å²) in [6.45, 7) is 5.91. The van der Waals surface area contributed by atoms with Crippen LogP contribution in [-0.4, -0.2) is 30.8 Å². The normalized spacial score (nSPS) is 23.1. The Balaban J connectivity index is 2.98. The van der Waals surface area contributed by atoms with Crippen molar-refractivity contribution >= 4 is 17.7 Å². The summed E-state index contributed by atoms with van der Waals surface area (Å²) in [5.74, 6) is -2.86. The number of Topliss-reactive ketones (excluding diaryl/α,β-unsaturated/α-hetero) is 1. The fourth-order valence-electron chi connectivity index (χ4n) is 2.16. The van der Waals surface area contributed by atoms with E-state index in [4.69, 9.17) is 4.74 Å². The maximum absolute atomic E-state index is 12.3. The van der Waals surface area contributed by atoms with Crippen molar-refractivity contribution < 1.29 is 19.1 Å². The molecule has 1 aliphatic rings. The molecule has 1 fully saturated rings. The molecule has 96 valence electrons. The van der Waals surface area contributed by atoms with E-state index < -0.39 is 23.2 Å². The van der Waals surface area contributed by atoms with E-state index in [9.17, 15) is 14.4 Å². The summed E-state index contributed by atoms with van der Waals surface area (Å²) in [7, 11) is 0. The highest BCUT2D eigenvalue weighted by molar-refractivity contribution is 6.19. The van der Waals surface area contributed by atoms with Gasteiger partial charge in [-0.1, -0.05) is 13.8 Å². The summed E-state index contributed by atoms with van der Waals surface area (Å²) in [5.41, 5.74) is -0.620. The first-order chi connectivity index (χ1) is 8.02. The molecule has 0 saturated carbocycles. The Bertz CT molecular complexity index is 333. The van der Waals surface area contributed by atoms with Crippen LogP contribution in [0.2, 0.25) is 0 Å². The van der Waals surface area contributed by atoms with Crippen LogP contribution in [0.25, 0.3) is 0 Å². The van der Waals surface area contributed by atoms with Gasteiger partial charge in [-0.05, 0) is 19.8 Å². The lowest BCUT2D eigenvalue weighted by molar-refractivity contribution is -0.161. The maximum Gasteiger partial charge on any atom is 0.326 e. The Morgan fingerprint density at radius 2 is 1.94 bits per heavy atom. The van der Waals surface area contributed by atoms with Crippen molar-refractivity contribution in [3.8, 4) is 0 Å². The molecule has 1 amide bonds. The number of hydrogen-bond donors (Lipinski definition) is 1. The zero-order valence-corrected chi connectivity index (χ0v) is 10.5. The number of piperidine rings is 1. The van der Waals surface area contributed by atoms with Crippen LogP contribution in [-0.2, 0) is 19.1 Å². The fourth-order valence-corrected chi connectivity index (χ4v) is 2.16. The van der Waals surface area contributed by atoms with Gasteiger partial charge in [0.05, 0.1) is 6.61 Å². The van der Waals surface area contributed by atoms with Gasteiger partial charge in [0.15, 0.2) is 11.7 Å². The summed E-state index contributed by atoms with van der Waals surface area (Å²) in [4.78, 5) is 35.5. The van der Waals surface area contributed by atoms with E-state index in [-0.39, 0.29) is 12.4 Å². The van der Waals surface area contributed by atoms with Crippen LogP contribution >= 0.6 is 0 Å².